The van der Waals surface area contributed by atoms with Gasteiger partial charge in [-0.05, 0) is 64.6 Å². The van der Waals surface area contributed by atoms with Crippen LogP contribution in [0.25, 0.3) is 0 Å². The number of nitrogens with one attached hydrogen (secondary N) is 1. The van der Waals surface area contributed by atoms with E-state index in [2.05, 4.69) is 61.3 Å². The minimum absolute atomic E-state index is 0.614. The van der Waals surface area contributed by atoms with E-state index in [0.717, 1.165) is 5.92 Å². The lowest BCUT2D eigenvalue weighted by atomic mass is 10.0. The molecule has 1 heterocycles. The molecular formula is C18H30N2. The van der Waals surface area contributed by atoms with Gasteiger partial charge in [-0.15, -0.1) is 0 Å². The van der Waals surface area contributed by atoms with Crippen LogP contribution in [0.5, 0.6) is 0 Å². The maximum Gasteiger partial charge on any atom is 0.00420 e. The molecule has 1 aliphatic rings. The minimum Gasteiger partial charge on any atom is -0.314 e. The van der Waals surface area contributed by atoms with Gasteiger partial charge in [0.15, 0.2) is 0 Å². The van der Waals surface area contributed by atoms with Crippen LogP contribution in [0.4, 0.5) is 0 Å². The number of hydrogen-bond donors (Lipinski definition) is 1. The van der Waals surface area contributed by atoms with Gasteiger partial charge in [-0.1, -0.05) is 30.3 Å². The van der Waals surface area contributed by atoms with Crippen LogP contribution in [0.1, 0.15) is 39.2 Å². The van der Waals surface area contributed by atoms with Crippen molar-refractivity contribution in [3.05, 3.63) is 35.9 Å². The fourth-order valence-electron chi connectivity index (χ4n) is 3.00. The second-order valence-electron chi connectivity index (χ2n) is 6.58. The first-order valence-corrected chi connectivity index (χ1v) is 8.16. The summed E-state index contributed by atoms with van der Waals surface area (Å²) in [5, 5.41) is 3.73. The van der Waals surface area contributed by atoms with Gasteiger partial charge in [-0.2, -0.15) is 0 Å². The number of hydrogen-bond acceptors (Lipinski definition) is 2. The van der Waals surface area contributed by atoms with Crippen LogP contribution in [0, 0.1) is 5.92 Å². The van der Waals surface area contributed by atoms with E-state index < -0.39 is 0 Å². The van der Waals surface area contributed by atoms with Gasteiger partial charge in [0.1, 0.15) is 0 Å². The van der Waals surface area contributed by atoms with E-state index in [9.17, 15) is 0 Å². The molecule has 0 spiro atoms. The summed E-state index contributed by atoms with van der Waals surface area (Å²) in [6.07, 6.45) is 3.76. The Morgan fingerprint density at radius 3 is 2.60 bits per heavy atom. The Bertz CT molecular complexity index is 374. The van der Waals surface area contributed by atoms with Crippen LogP contribution in [0.3, 0.4) is 0 Å². The third-order valence-electron chi connectivity index (χ3n) is 4.51. The normalized spacial score (nSPS) is 21.5. The Hall–Kier alpha value is -0.860. The second-order valence-corrected chi connectivity index (χ2v) is 6.58. The lowest BCUT2D eigenvalue weighted by Gasteiger charge is -2.21. The molecule has 112 valence electrons. The van der Waals surface area contributed by atoms with Crippen molar-refractivity contribution in [2.24, 2.45) is 5.92 Å². The fraction of sp³-hybridized carbons (Fsp3) is 0.667. The summed E-state index contributed by atoms with van der Waals surface area (Å²) in [6, 6.07) is 12.1. The number of likely N-dealkylation sites (tertiary alicyclic amines) is 1. The zero-order chi connectivity index (χ0) is 14.4. The van der Waals surface area contributed by atoms with E-state index in [-0.39, 0.29) is 0 Å². The Labute approximate surface area is 124 Å². The van der Waals surface area contributed by atoms with Crippen molar-refractivity contribution in [3.8, 4) is 0 Å². The third kappa shape index (κ3) is 4.92. The van der Waals surface area contributed by atoms with Gasteiger partial charge in [-0.25, -0.2) is 0 Å². The molecule has 1 aromatic rings. The first-order valence-electron chi connectivity index (χ1n) is 8.16. The molecule has 0 radical (unpaired) electrons. The fourth-order valence-corrected chi connectivity index (χ4v) is 3.00. The molecule has 1 saturated heterocycles. The van der Waals surface area contributed by atoms with E-state index >= 15 is 0 Å². The van der Waals surface area contributed by atoms with E-state index in [4.69, 9.17) is 0 Å². The van der Waals surface area contributed by atoms with Crippen molar-refractivity contribution in [1.82, 2.24) is 10.2 Å². The SMILES string of the molecule is CC(CCc1ccccc1)NCC1CCN(C(C)C)C1. The molecule has 20 heavy (non-hydrogen) atoms. The van der Waals surface area contributed by atoms with Crippen molar-refractivity contribution in [2.45, 2.75) is 52.1 Å². The van der Waals surface area contributed by atoms with Crippen molar-refractivity contribution in [3.63, 3.8) is 0 Å². The topological polar surface area (TPSA) is 15.3 Å². The first kappa shape index (κ1) is 15.5. The zero-order valence-corrected chi connectivity index (χ0v) is 13.3. The number of rotatable bonds is 7. The Kier molecular flexibility index (Phi) is 6.06. The third-order valence-corrected chi connectivity index (χ3v) is 4.51. The Balaban J connectivity index is 1.62. The van der Waals surface area contributed by atoms with E-state index in [0.29, 0.717) is 12.1 Å². The summed E-state index contributed by atoms with van der Waals surface area (Å²) in [5.41, 5.74) is 1.45. The molecule has 0 aliphatic carbocycles. The average molecular weight is 274 g/mol. The smallest absolute Gasteiger partial charge is 0.00420 e. The summed E-state index contributed by atoms with van der Waals surface area (Å²) >= 11 is 0. The summed E-state index contributed by atoms with van der Waals surface area (Å²) in [7, 11) is 0. The summed E-state index contributed by atoms with van der Waals surface area (Å²) in [5.74, 6) is 0.844. The predicted octanol–water partition coefficient (Wildman–Crippen LogP) is 3.33. The molecule has 0 aromatic heterocycles. The highest BCUT2D eigenvalue weighted by molar-refractivity contribution is 5.14. The standard InChI is InChI=1S/C18H30N2/c1-15(2)20-12-11-18(14-20)13-19-16(3)9-10-17-7-5-4-6-8-17/h4-8,15-16,18-19H,9-14H2,1-3H3. The van der Waals surface area contributed by atoms with Gasteiger partial charge in [0, 0.05) is 18.6 Å². The van der Waals surface area contributed by atoms with Crippen LogP contribution in [0.2, 0.25) is 0 Å². The van der Waals surface area contributed by atoms with E-state index in [1.807, 2.05) is 0 Å². The van der Waals surface area contributed by atoms with Crippen molar-refractivity contribution in [1.29, 1.82) is 0 Å². The zero-order valence-electron chi connectivity index (χ0n) is 13.3. The lowest BCUT2D eigenvalue weighted by Crippen LogP contribution is -2.34. The number of benzene rings is 1. The Morgan fingerprint density at radius 1 is 1.20 bits per heavy atom. The molecule has 2 heteroatoms. The average Bonchev–Trinajstić information content (AvgIpc) is 2.93. The predicted molar refractivity (Wildman–Crippen MR) is 87.0 cm³/mol. The van der Waals surface area contributed by atoms with Gasteiger partial charge in [0.25, 0.3) is 0 Å². The molecule has 1 N–H and O–H groups in total. The van der Waals surface area contributed by atoms with Crippen LogP contribution in [-0.2, 0) is 6.42 Å². The monoisotopic (exact) mass is 274 g/mol. The van der Waals surface area contributed by atoms with Crippen LogP contribution >= 0.6 is 0 Å². The largest absolute Gasteiger partial charge is 0.314 e. The van der Waals surface area contributed by atoms with Crippen molar-refractivity contribution in [2.75, 3.05) is 19.6 Å². The van der Waals surface area contributed by atoms with E-state index in [1.54, 1.807) is 0 Å². The molecular weight excluding hydrogens is 244 g/mol. The molecule has 1 aromatic carbocycles. The molecule has 2 rings (SSSR count). The maximum atomic E-state index is 3.73. The van der Waals surface area contributed by atoms with Gasteiger partial charge < -0.3 is 10.2 Å². The molecule has 2 nitrogen and oxygen atoms in total. The lowest BCUT2D eigenvalue weighted by molar-refractivity contribution is 0.262. The van der Waals surface area contributed by atoms with E-state index in [1.165, 1.54) is 44.5 Å². The van der Waals surface area contributed by atoms with Gasteiger partial charge in [0.2, 0.25) is 0 Å². The summed E-state index contributed by atoms with van der Waals surface area (Å²) in [4.78, 5) is 2.60. The van der Waals surface area contributed by atoms with Crippen LogP contribution in [0.15, 0.2) is 30.3 Å². The van der Waals surface area contributed by atoms with Crippen molar-refractivity contribution >= 4 is 0 Å². The summed E-state index contributed by atoms with van der Waals surface area (Å²) < 4.78 is 0. The highest BCUT2D eigenvalue weighted by Gasteiger charge is 2.23. The molecule has 0 saturated carbocycles. The molecule has 1 fully saturated rings. The van der Waals surface area contributed by atoms with Crippen molar-refractivity contribution < 1.29 is 0 Å². The van der Waals surface area contributed by atoms with Crippen LogP contribution < -0.4 is 5.32 Å². The van der Waals surface area contributed by atoms with Gasteiger partial charge >= 0.3 is 0 Å². The second kappa shape index (κ2) is 7.80. The molecule has 2 atom stereocenters. The highest BCUT2D eigenvalue weighted by atomic mass is 15.2. The quantitative estimate of drug-likeness (QED) is 0.820. The van der Waals surface area contributed by atoms with Gasteiger partial charge in [-0.3, -0.25) is 0 Å². The highest BCUT2D eigenvalue weighted by Crippen LogP contribution is 2.18. The summed E-state index contributed by atoms with van der Waals surface area (Å²) in [6.45, 7) is 10.7. The molecule has 0 bridgehead atoms. The molecule has 0 amide bonds. The Morgan fingerprint density at radius 2 is 1.95 bits per heavy atom. The molecule has 2 unspecified atom stereocenters. The minimum atomic E-state index is 0.614. The van der Waals surface area contributed by atoms with Crippen LogP contribution in [-0.4, -0.2) is 36.6 Å². The maximum absolute atomic E-state index is 3.73. The number of aryl methyl sites for hydroxylation is 1. The first-order chi connectivity index (χ1) is 9.65. The number of nitrogens with zero attached hydrogens (tertiary/aromatic N) is 1. The van der Waals surface area contributed by atoms with Gasteiger partial charge in [0.05, 0.1) is 0 Å². The molecule has 1 aliphatic heterocycles.